The van der Waals surface area contributed by atoms with Crippen LogP contribution in [0.2, 0.25) is 0 Å². The van der Waals surface area contributed by atoms with Gasteiger partial charge in [0, 0.05) is 63.1 Å². The third-order valence-electron chi connectivity index (χ3n) is 8.44. The summed E-state index contributed by atoms with van der Waals surface area (Å²) in [4.78, 5) is 58.6. The van der Waals surface area contributed by atoms with Gasteiger partial charge >= 0.3 is 6.16 Å². The molecule has 236 valence electrons. The van der Waals surface area contributed by atoms with Crippen LogP contribution in [0.1, 0.15) is 39.3 Å². The Morgan fingerprint density at radius 2 is 1.89 bits per heavy atom. The van der Waals surface area contributed by atoms with Crippen molar-refractivity contribution < 1.29 is 42.1 Å². The van der Waals surface area contributed by atoms with E-state index in [2.05, 4.69) is 15.1 Å². The Kier molecular flexibility index (Phi) is 8.77. The van der Waals surface area contributed by atoms with Gasteiger partial charge in [-0.1, -0.05) is 6.07 Å². The van der Waals surface area contributed by atoms with Gasteiger partial charge in [0.25, 0.3) is 11.8 Å². The lowest BCUT2D eigenvalue weighted by Gasteiger charge is -2.36. The van der Waals surface area contributed by atoms with Crippen LogP contribution in [0.25, 0.3) is 0 Å². The maximum Gasteiger partial charge on any atom is 0.511 e. The van der Waals surface area contributed by atoms with Crippen molar-refractivity contribution in [2.45, 2.75) is 38.1 Å². The number of carbonyl (C=O) groups is 3. The zero-order chi connectivity index (χ0) is 30.8. The van der Waals surface area contributed by atoms with Crippen LogP contribution >= 0.6 is 0 Å². The maximum atomic E-state index is 14.1. The molecule has 2 amide bonds. The number of aromatic nitrogens is 1. The Bertz CT molecular complexity index is 1500. The fourth-order valence-electron chi connectivity index (χ4n) is 6.20. The molecule has 44 heavy (non-hydrogen) atoms. The second-order valence-corrected chi connectivity index (χ2v) is 11.1. The molecule has 5 heterocycles. The van der Waals surface area contributed by atoms with E-state index in [1.807, 2.05) is 0 Å². The lowest BCUT2D eigenvalue weighted by Crippen LogP contribution is -2.50. The molecule has 0 radical (unpaired) electrons. The van der Waals surface area contributed by atoms with Gasteiger partial charge in [0.1, 0.15) is 30.0 Å². The summed E-state index contributed by atoms with van der Waals surface area (Å²) in [7, 11) is 0. The Hall–Kier alpha value is -4.08. The summed E-state index contributed by atoms with van der Waals surface area (Å²) in [5.41, 5.74) is -1.29. The zero-order valence-corrected chi connectivity index (χ0v) is 24.0. The third-order valence-corrected chi connectivity index (χ3v) is 8.44. The quantitative estimate of drug-likeness (QED) is 0.323. The lowest BCUT2D eigenvalue weighted by atomic mass is 10.1. The monoisotopic (exact) mass is 617 g/mol. The molecular formula is C29H33F2N5O8. The smallest absolute Gasteiger partial charge is 0.451 e. The van der Waals surface area contributed by atoms with Crippen molar-refractivity contribution in [2.75, 3.05) is 59.3 Å². The predicted molar refractivity (Wildman–Crippen MR) is 148 cm³/mol. The summed E-state index contributed by atoms with van der Waals surface area (Å²) < 4.78 is 49.9. The van der Waals surface area contributed by atoms with E-state index in [-0.39, 0.29) is 48.7 Å². The minimum absolute atomic E-state index is 0.0201. The molecule has 2 unspecified atom stereocenters. The topological polar surface area (TPSA) is 132 Å². The summed E-state index contributed by atoms with van der Waals surface area (Å²) in [6.07, 6.45) is 1.99. The Labute approximate surface area is 251 Å². The molecule has 1 aromatic heterocycles. The number of carbonyl (C=O) groups excluding carboxylic acids is 3. The summed E-state index contributed by atoms with van der Waals surface area (Å²) in [5.74, 6) is -3.33. The lowest BCUT2D eigenvalue weighted by molar-refractivity contribution is -0.00816. The van der Waals surface area contributed by atoms with Crippen molar-refractivity contribution in [3.8, 4) is 5.75 Å². The molecule has 3 saturated heterocycles. The van der Waals surface area contributed by atoms with E-state index in [4.69, 9.17) is 18.9 Å². The maximum absolute atomic E-state index is 14.1. The van der Waals surface area contributed by atoms with Crippen LogP contribution in [-0.2, 0) is 27.3 Å². The molecule has 3 fully saturated rings. The number of halogens is 2. The van der Waals surface area contributed by atoms with Crippen molar-refractivity contribution in [3.05, 3.63) is 63.1 Å². The molecule has 15 heteroatoms. The second kappa shape index (κ2) is 12.9. The van der Waals surface area contributed by atoms with Gasteiger partial charge in [-0.05, 0) is 18.9 Å². The summed E-state index contributed by atoms with van der Waals surface area (Å²) in [6, 6.07) is 3.15. The number of nitrogens with one attached hydrogen (secondary N) is 1. The highest BCUT2D eigenvalue weighted by Crippen LogP contribution is 2.35. The van der Waals surface area contributed by atoms with Crippen molar-refractivity contribution in [3.63, 3.8) is 0 Å². The van der Waals surface area contributed by atoms with Crippen molar-refractivity contribution >= 4 is 18.0 Å². The number of fused-ring (bicyclic) bond motifs is 4. The number of amides is 2. The van der Waals surface area contributed by atoms with Gasteiger partial charge < -0.3 is 33.7 Å². The van der Waals surface area contributed by atoms with E-state index < -0.39 is 47.6 Å². The summed E-state index contributed by atoms with van der Waals surface area (Å²) in [6.45, 7) is 3.80. The molecule has 0 saturated carbocycles. The number of morpholine rings is 1. The highest BCUT2D eigenvalue weighted by atomic mass is 19.1. The molecule has 2 atom stereocenters. The fraction of sp³-hybridized carbons (Fsp3) is 0.517. The Morgan fingerprint density at radius 3 is 2.68 bits per heavy atom. The molecule has 4 aliphatic heterocycles. The van der Waals surface area contributed by atoms with E-state index in [1.165, 1.54) is 16.8 Å². The predicted octanol–water partition coefficient (Wildman–Crippen LogP) is 1.14. The molecule has 4 aliphatic rings. The first-order chi connectivity index (χ1) is 21.3. The largest absolute Gasteiger partial charge is 0.511 e. The number of rotatable bonds is 9. The van der Waals surface area contributed by atoms with Crippen LogP contribution in [0.4, 0.5) is 13.6 Å². The highest BCUT2D eigenvalue weighted by Gasteiger charge is 2.48. The number of hydrogen-bond acceptors (Lipinski definition) is 10. The minimum atomic E-state index is -1.02. The van der Waals surface area contributed by atoms with Crippen molar-refractivity contribution in [1.29, 1.82) is 0 Å². The molecule has 0 spiro atoms. The minimum Gasteiger partial charge on any atom is -0.451 e. The molecule has 0 aliphatic carbocycles. The van der Waals surface area contributed by atoms with Gasteiger partial charge in [-0.2, -0.15) is 0 Å². The average Bonchev–Trinajstić information content (AvgIpc) is 3.61. The standard InChI is InChI=1S/C29H33F2N5O8/c30-19-4-3-18(22(31)12-19)13-32-27(38)21-15-34-16-23-35-5-1-2-20(35)14-36(23)28(39)24(34)26(25(21)37)43-17-44-29(40)42-11-8-33-6-9-41-10-7-33/h3-4,12,15,20,23H,1-2,5-11,13-14,16-17H2,(H,32,38). The van der Waals surface area contributed by atoms with Gasteiger partial charge in [0.05, 0.1) is 19.8 Å². The van der Waals surface area contributed by atoms with E-state index in [9.17, 15) is 28.0 Å². The van der Waals surface area contributed by atoms with Gasteiger partial charge in [-0.15, -0.1) is 0 Å². The van der Waals surface area contributed by atoms with Crippen LogP contribution < -0.4 is 15.5 Å². The number of benzene rings is 1. The number of pyridine rings is 1. The molecule has 0 bridgehead atoms. The normalized spacial score (nSPS) is 21.4. The number of nitrogens with zero attached hydrogens (tertiary/aromatic N) is 4. The molecule has 1 aromatic carbocycles. The molecule has 6 rings (SSSR count). The molecule has 2 aromatic rings. The first-order valence-electron chi connectivity index (χ1n) is 14.6. The molecule has 1 N–H and O–H groups in total. The fourth-order valence-corrected chi connectivity index (χ4v) is 6.20. The van der Waals surface area contributed by atoms with Gasteiger partial charge in [-0.25, -0.2) is 13.6 Å². The average molecular weight is 618 g/mol. The summed E-state index contributed by atoms with van der Waals surface area (Å²) in [5, 5.41) is 2.48. The zero-order valence-electron chi connectivity index (χ0n) is 24.0. The summed E-state index contributed by atoms with van der Waals surface area (Å²) >= 11 is 0. The van der Waals surface area contributed by atoms with Crippen molar-refractivity contribution in [1.82, 2.24) is 24.6 Å². The first-order valence-corrected chi connectivity index (χ1v) is 14.6. The molecule has 13 nitrogen and oxygen atoms in total. The van der Waals surface area contributed by atoms with Crippen LogP contribution in [-0.4, -0.2) is 109 Å². The Balaban J connectivity index is 1.19. The van der Waals surface area contributed by atoms with Gasteiger partial charge in [0.2, 0.25) is 18.0 Å². The van der Waals surface area contributed by atoms with E-state index in [1.54, 1.807) is 4.90 Å². The van der Waals surface area contributed by atoms with Crippen LogP contribution in [0.3, 0.4) is 0 Å². The molecular weight excluding hydrogens is 584 g/mol. The van der Waals surface area contributed by atoms with E-state index >= 15 is 0 Å². The first kappa shape index (κ1) is 30.0. The van der Waals surface area contributed by atoms with Gasteiger partial charge in [-0.3, -0.25) is 24.2 Å². The SMILES string of the molecule is O=C(OCCN1CCOCC1)OCOc1c2n(cc(C(=O)NCc3ccc(F)cc3F)c1=O)CC1N(CC3CCCN31)C2=O. The van der Waals surface area contributed by atoms with Gasteiger partial charge in [0.15, 0.2) is 5.69 Å². The van der Waals surface area contributed by atoms with E-state index in [0.29, 0.717) is 32.4 Å². The van der Waals surface area contributed by atoms with Crippen LogP contribution in [0.15, 0.2) is 29.2 Å². The van der Waals surface area contributed by atoms with Crippen LogP contribution in [0, 0.1) is 11.6 Å². The van der Waals surface area contributed by atoms with Crippen molar-refractivity contribution in [2.24, 2.45) is 0 Å². The Morgan fingerprint density at radius 1 is 1.07 bits per heavy atom. The highest BCUT2D eigenvalue weighted by molar-refractivity contribution is 5.99. The second-order valence-electron chi connectivity index (χ2n) is 11.1. The number of ether oxygens (including phenoxy) is 4. The number of hydrogen-bond donors (Lipinski definition) is 1. The van der Waals surface area contributed by atoms with E-state index in [0.717, 1.165) is 38.5 Å². The van der Waals surface area contributed by atoms with Crippen LogP contribution in [0.5, 0.6) is 5.75 Å². The third kappa shape index (κ3) is 6.12.